The summed E-state index contributed by atoms with van der Waals surface area (Å²) in [5, 5.41) is 11.5. The first-order valence-corrected chi connectivity index (χ1v) is 8.19. The molecule has 0 aliphatic rings. The quantitative estimate of drug-likeness (QED) is 0.771. The summed E-state index contributed by atoms with van der Waals surface area (Å²) in [5.74, 6) is 0.714. The number of nitrogens with zero attached hydrogens (tertiary/aromatic N) is 6. The Hall–Kier alpha value is -3.03. The molecule has 0 atom stereocenters. The van der Waals surface area contributed by atoms with E-state index in [0.717, 1.165) is 30.0 Å². The van der Waals surface area contributed by atoms with E-state index in [1.807, 2.05) is 26.8 Å². The number of carbonyl (C=O) groups is 1. The number of hydrogen-bond acceptors (Lipinski definition) is 5. The molecule has 8 nitrogen and oxygen atoms in total. The van der Waals surface area contributed by atoms with Gasteiger partial charge in [-0.3, -0.25) is 9.48 Å². The minimum Gasteiger partial charge on any atom is -0.306 e. The van der Waals surface area contributed by atoms with Crippen LogP contribution >= 0.6 is 0 Å². The van der Waals surface area contributed by atoms with E-state index in [9.17, 15) is 4.79 Å². The highest BCUT2D eigenvalue weighted by molar-refractivity contribution is 6.03. The second-order valence-corrected chi connectivity index (χ2v) is 5.98. The lowest BCUT2D eigenvalue weighted by Gasteiger charge is -2.08. The lowest BCUT2D eigenvalue weighted by Crippen LogP contribution is -2.16. The fraction of sp³-hybridized carbons (Fsp3) is 0.353. The Balaban J connectivity index is 1.88. The van der Waals surface area contributed by atoms with Crippen LogP contribution in [-0.2, 0) is 6.54 Å². The number of aryl methyl sites for hydroxylation is 4. The Kier molecular flexibility index (Phi) is 4.60. The molecule has 0 saturated carbocycles. The molecule has 0 aromatic carbocycles. The van der Waals surface area contributed by atoms with E-state index in [1.165, 1.54) is 0 Å². The van der Waals surface area contributed by atoms with Crippen molar-refractivity contribution in [2.45, 2.75) is 40.7 Å². The lowest BCUT2D eigenvalue weighted by atomic mass is 10.3. The van der Waals surface area contributed by atoms with Crippen LogP contribution in [0, 0.1) is 20.8 Å². The van der Waals surface area contributed by atoms with Crippen molar-refractivity contribution in [3.05, 3.63) is 47.2 Å². The van der Waals surface area contributed by atoms with Crippen LogP contribution in [0.5, 0.6) is 0 Å². The first-order chi connectivity index (χ1) is 12.0. The molecule has 1 amide bonds. The monoisotopic (exact) mass is 339 g/mol. The van der Waals surface area contributed by atoms with Gasteiger partial charge >= 0.3 is 0 Å². The maximum Gasteiger partial charge on any atom is 0.260 e. The molecule has 0 fully saturated rings. The molecule has 3 aromatic rings. The molecule has 3 heterocycles. The smallest absolute Gasteiger partial charge is 0.260 e. The van der Waals surface area contributed by atoms with E-state index in [0.29, 0.717) is 17.3 Å². The van der Waals surface area contributed by atoms with Crippen LogP contribution in [0.15, 0.2) is 24.5 Å². The number of aromatic nitrogens is 6. The summed E-state index contributed by atoms with van der Waals surface area (Å²) in [5.41, 5.74) is 2.95. The third kappa shape index (κ3) is 3.73. The van der Waals surface area contributed by atoms with Crippen LogP contribution < -0.4 is 5.32 Å². The van der Waals surface area contributed by atoms with Gasteiger partial charge in [0.15, 0.2) is 0 Å². The predicted octanol–water partition coefficient (Wildman–Crippen LogP) is 2.45. The number of carbonyl (C=O) groups excluding carboxylic acids is 1. The maximum absolute atomic E-state index is 12.5. The summed E-state index contributed by atoms with van der Waals surface area (Å²) >= 11 is 0. The zero-order valence-electron chi connectivity index (χ0n) is 14.8. The van der Waals surface area contributed by atoms with Crippen LogP contribution in [-0.4, -0.2) is 35.4 Å². The van der Waals surface area contributed by atoms with Crippen molar-refractivity contribution in [3.8, 4) is 5.95 Å². The molecule has 0 bridgehead atoms. The molecule has 25 heavy (non-hydrogen) atoms. The predicted molar refractivity (Wildman–Crippen MR) is 93.8 cm³/mol. The average Bonchev–Trinajstić information content (AvgIpc) is 3.13. The fourth-order valence-electron chi connectivity index (χ4n) is 2.56. The highest BCUT2D eigenvalue weighted by atomic mass is 16.1. The second-order valence-electron chi connectivity index (χ2n) is 5.98. The van der Waals surface area contributed by atoms with E-state index in [4.69, 9.17) is 0 Å². The van der Waals surface area contributed by atoms with Gasteiger partial charge in [0.1, 0.15) is 5.82 Å². The van der Waals surface area contributed by atoms with Crippen molar-refractivity contribution in [2.24, 2.45) is 0 Å². The molecule has 0 radical (unpaired) electrons. The third-order valence-corrected chi connectivity index (χ3v) is 3.58. The molecule has 3 aromatic heterocycles. The van der Waals surface area contributed by atoms with Crippen LogP contribution in [0.3, 0.4) is 0 Å². The van der Waals surface area contributed by atoms with Crippen molar-refractivity contribution < 1.29 is 4.79 Å². The average molecular weight is 339 g/mol. The standard InChI is InChI=1S/C17H21N7O/c1-5-6-23-10-14(9-18-23)16(25)21-15-8-13(4)22-24(15)17-19-11(2)7-12(3)20-17/h7-10H,5-6H2,1-4H3,(H,21,25). The number of anilines is 1. The van der Waals surface area contributed by atoms with E-state index in [1.54, 1.807) is 27.8 Å². The molecule has 0 saturated heterocycles. The summed E-state index contributed by atoms with van der Waals surface area (Å²) in [7, 11) is 0. The van der Waals surface area contributed by atoms with Crippen molar-refractivity contribution in [3.63, 3.8) is 0 Å². The molecule has 3 rings (SSSR count). The van der Waals surface area contributed by atoms with Gasteiger partial charge in [-0.25, -0.2) is 9.97 Å². The van der Waals surface area contributed by atoms with Gasteiger partial charge in [-0.05, 0) is 33.3 Å². The molecule has 0 unspecified atom stereocenters. The topological polar surface area (TPSA) is 90.5 Å². The number of amides is 1. The summed E-state index contributed by atoms with van der Waals surface area (Å²) < 4.78 is 3.30. The van der Waals surface area contributed by atoms with Gasteiger partial charge in [0.05, 0.1) is 17.5 Å². The third-order valence-electron chi connectivity index (χ3n) is 3.58. The van der Waals surface area contributed by atoms with E-state index in [-0.39, 0.29) is 5.91 Å². The van der Waals surface area contributed by atoms with Gasteiger partial charge in [0, 0.05) is 30.2 Å². The number of nitrogens with one attached hydrogen (secondary N) is 1. The Morgan fingerprint density at radius 3 is 2.52 bits per heavy atom. The van der Waals surface area contributed by atoms with Gasteiger partial charge < -0.3 is 5.32 Å². The maximum atomic E-state index is 12.5. The highest BCUT2D eigenvalue weighted by Crippen LogP contribution is 2.16. The van der Waals surface area contributed by atoms with Crippen molar-refractivity contribution in [1.82, 2.24) is 29.5 Å². The van der Waals surface area contributed by atoms with Gasteiger partial charge in [-0.2, -0.15) is 14.9 Å². The van der Waals surface area contributed by atoms with Crippen molar-refractivity contribution >= 4 is 11.7 Å². The normalized spacial score (nSPS) is 10.9. The Morgan fingerprint density at radius 1 is 1.12 bits per heavy atom. The zero-order chi connectivity index (χ0) is 18.0. The molecular formula is C17H21N7O. The summed E-state index contributed by atoms with van der Waals surface area (Å²) in [6.45, 7) is 8.49. The molecule has 0 aliphatic heterocycles. The van der Waals surface area contributed by atoms with Crippen LogP contribution in [0.1, 0.15) is 40.8 Å². The van der Waals surface area contributed by atoms with E-state index in [2.05, 4.69) is 32.4 Å². The molecule has 0 spiro atoms. The first-order valence-electron chi connectivity index (χ1n) is 8.19. The number of rotatable bonds is 5. The van der Waals surface area contributed by atoms with Gasteiger partial charge in [0.25, 0.3) is 11.9 Å². The lowest BCUT2D eigenvalue weighted by molar-refractivity contribution is 0.102. The van der Waals surface area contributed by atoms with Gasteiger partial charge in [-0.15, -0.1) is 0 Å². The van der Waals surface area contributed by atoms with E-state index < -0.39 is 0 Å². The molecule has 8 heteroatoms. The minimum absolute atomic E-state index is 0.243. The summed E-state index contributed by atoms with van der Waals surface area (Å²) in [6, 6.07) is 3.68. The first kappa shape index (κ1) is 16.8. The largest absolute Gasteiger partial charge is 0.306 e. The van der Waals surface area contributed by atoms with Crippen molar-refractivity contribution in [1.29, 1.82) is 0 Å². The van der Waals surface area contributed by atoms with Crippen LogP contribution in [0.25, 0.3) is 5.95 Å². The Labute approximate surface area is 145 Å². The number of hydrogen-bond donors (Lipinski definition) is 1. The minimum atomic E-state index is -0.243. The summed E-state index contributed by atoms with van der Waals surface area (Å²) in [6.07, 6.45) is 4.25. The van der Waals surface area contributed by atoms with Gasteiger partial charge in [-0.1, -0.05) is 6.92 Å². The van der Waals surface area contributed by atoms with Gasteiger partial charge in [0.2, 0.25) is 0 Å². The highest BCUT2D eigenvalue weighted by Gasteiger charge is 2.15. The Morgan fingerprint density at radius 2 is 1.84 bits per heavy atom. The zero-order valence-corrected chi connectivity index (χ0v) is 14.8. The molecule has 1 N–H and O–H groups in total. The van der Waals surface area contributed by atoms with Crippen LogP contribution in [0.2, 0.25) is 0 Å². The van der Waals surface area contributed by atoms with Crippen LogP contribution in [0.4, 0.5) is 5.82 Å². The van der Waals surface area contributed by atoms with E-state index >= 15 is 0 Å². The molecule has 0 aliphatic carbocycles. The fourth-order valence-corrected chi connectivity index (χ4v) is 2.56. The molecule has 130 valence electrons. The van der Waals surface area contributed by atoms with Crippen molar-refractivity contribution in [2.75, 3.05) is 5.32 Å². The Bertz CT molecular complexity index is 889. The summed E-state index contributed by atoms with van der Waals surface area (Å²) in [4.78, 5) is 21.3. The SMILES string of the molecule is CCCn1cc(C(=O)Nc2cc(C)nn2-c2nc(C)cc(C)n2)cn1. The molecular weight excluding hydrogens is 318 g/mol. The second kappa shape index (κ2) is 6.84.